The van der Waals surface area contributed by atoms with E-state index in [9.17, 15) is 20.2 Å². The Morgan fingerprint density at radius 1 is 0.667 bits per heavy atom. The lowest BCUT2D eigenvalue weighted by molar-refractivity contribution is -0.385. The van der Waals surface area contributed by atoms with Crippen LogP contribution in [0.3, 0.4) is 0 Å². The van der Waals surface area contributed by atoms with Gasteiger partial charge in [-0.15, -0.1) is 0 Å². The summed E-state index contributed by atoms with van der Waals surface area (Å²) in [5.41, 5.74) is 5.48. The maximum absolute atomic E-state index is 12.2. The first-order chi connectivity index (χ1) is 21.6. The van der Waals surface area contributed by atoms with Gasteiger partial charge >= 0.3 is 11.4 Å². The normalized spacial score (nSPS) is 16.6. The van der Waals surface area contributed by atoms with Gasteiger partial charge in [-0.05, 0) is 73.2 Å². The first-order valence-electron chi connectivity index (χ1n) is 14.6. The van der Waals surface area contributed by atoms with E-state index in [0.29, 0.717) is 35.5 Å². The Balaban J connectivity index is 1.59. The van der Waals surface area contributed by atoms with Gasteiger partial charge in [-0.3, -0.25) is 20.2 Å². The third-order valence-corrected chi connectivity index (χ3v) is 8.19. The molecule has 0 saturated carbocycles. The summed E-state index contributed by atoms with van der Waals surface area (Å²) in [5, 5.41) is 24.5. The molecule has 2 heterocycles. The zero-order valence-corrected chi connectivity index (χ0v) is 25.3. The molecule has 11 heteroatoms. The van der Waals surface area contributed by atoms with Crippen LogP contribution in [0.2, 0.25) is 0 Å². The largest absolute Gasteiger partial charge is 0.483 e. The van der Waals surface area contributed by atoms with E-state index >= 15 is 0 Å². The van der Waals surface area contributed by atoms with E-state index in [1.807, 2.05) is 64.1 Å². The molecule has 0 aromatic heterocycles. The van der Waals surface area contributed by atoms with Gasteiger partial charge in [0.2, 0.25) is 11.5 Å². The van der Waals surface area contributed by atoms with Gasteiger partial charge in [-0.25, -0.2) is 0 Å². The zero-order valence-electron chi connectivity index (χ0n) is 25.3. The number of nitro groups is 2. The summed E-state index contributed by atoms with van der Waals surface area (Å²) >= 11 is 0. The quantitative estimate of drug-likeness (QED) is 0.0908. The van der Waals surface area contributed by atoms with E-state index in [1.165, 1.54) is 24.3 Å². The van der Waals surface area contributed by atoms with Gasteiger partial charge in [0.1, 0.15) is 36.9 Å². The maximum Gasteiger partial charge on any atom is 0.311 e. The smallest absolute Gasteiger partial charge is 0.311 e. The Labute approximate surface area is 259 Å². The Kier molecular flexibility index (Phi) is 8.13. The molecule has 2 unspecified atom stereocenters. The third kappa shape index (κ3) is 6.17. The van der Waals surface area contributed by atoms with Crippen LogP contribution in [0.4, 0.5) is 11.4 Å². The standard InChI is InChI=1S/C34H32N2O9/c1-19-7-5-9-25(21(19)3)31-29(13-11-27(35(37)38)33(31)43-17-23-15-41-23)45-30-14-12-28(36(39)40)34(44-18-24-16-42-24)32(30)26-10-6-8-20(2)22(26)4/h5-14,23-24H,15-18H2,1-4H3. The number of aryl methyl sites for hydroxylation is 2. The highest BCUT2D eigenvalue weighted by Crippen LogP contribution is 2.51. The number of hydrogen-bond acceptors (Lipinski definition) is 9. The average molecular weight is 613 g/mol. The molecular weight excluding hydrogens is 580 g/mol. The van der Waals surface area contributed by atoms with Crippen molar-refractivity contribution in [3.05, 3.63) is 103 Å². The molecule has 0 amide bonds. The fourth-order valence-corrected chi connectivity index (χ4v) is 5.21. The highest BCUT2D eigenvalue weighted by Gasteiger charge is 2.33. The number of nitro benzene ring substituents is 2. The van der Waals surface area contributed by atoms with Crippen molar-refractivity contribution in [1.82, 2.24) is 0 Å². The topological polar surface area (TPSA) is 139 Å². The molecular formula is C34H32N2O9. The van der Waals surface area contributed by atoms with Gasteiger partial charge in [-0.1, -0.05) is 36.4 Å². The minimum absolute atomic E-state index is 0.0549. The Bertz CT molecular complexity index is 1680. The molecule has 0 bridgehead atoms. The molecule has 0 N–H and O–H groups in total. The second-order valence-corrected chi connectivity index (χ2v) is 11.2. The van der Waals surface area contributed by atoms with Crippen molar-refractivity contribution < 1.29 is 33.5 Å². The molecule has 0 aliphatic carbocycles. The molecule has 11 nitrogen and oxygen atoms in total. The molecule has 2 aliphatic rings. The number of epoxide rings is 2. The Morgan fingerprint density at radius 2 is 1.07 bits per heavy atom. The van der Waals surface area contributed by atoms with Crippen molar-refractivity contribution >= 4 is 11.4 Å². The second kappa shape index (κ2) is 12.2. The van der Waals surface area contributed by atoms with Crippen molar-refractivity contribution in [1.29, 1.82) is 0 Å². The molecule has 2 aliphatic heterocycles. The number of hydrogen-bond donors (Lipinski definition) is 0. The number of ether oxygens (including phenoxy) is 5. The lowest BCUT2D eigenvalue weighted by atomic mass is 9.94. The molecule has 2 saturated heterocycles. The van der Waals surface area contributed by atoms with Crippen LogP contribution in [0.15, 0.2) is 60.7 Å². The number of benzene rings is 4. The first-order valence-corrected chi connectivity index (χ1v) is 14.6. The molecule has 6 rings (SSSR count). The van der Waals surface area contributed by atoms with Crippen LogP contribution in [-0.2, 0) is 9.47 Å². The van der Waals surface area contributed by atoms with Gasteiger partial charge < -0.3 is 23.7 Å². The molecule has 4 aromatic rings. The van der Waals surface area contributed by atoms with Crippen LogP contribution in [-0.4, -0.2) is 48.5 Å². The van der Waals surface area contributed by atoms with Crippen molar-refractivity contribution in [2.75, 3.05) is 26.4 Å². The van der Waals surface area contributed by atoms with E-state index in [-0.39, 0.29) is 59.8 Å². The Hall–Kier alpha value is -5.00. The van der Waals surface area contributed by atoms with Gasteiger partial charge in [0.25, 0.3) is 0 Å². The van der Waals surface area contributed by atoms with Gasteiger partial charge in [0, 0.05) is 12.1 Å². The number of rotatable bonds is 12. The van der Waals surface area contributed by atoms with Crippen LogP contribution in [0, 0.1) is 47.9 Å². The van der Waals surface area contributed by atoms with Gasteiger partial charge in [-0.2, -0.15) is 0 Å². The van der Waals surface area contributed by atoms with E-state index in [1.54, 1.807) is 0 Å². The van der Waals surface area contributed by atoms with Crippen LogP contribution < -0.4 is 14.2 Å². The predicted octanol–water partition coefficient (Wildman–Crippen LogP) is 7.42. The Morgan fingerprint density at radius 3 is 1.42 bits per heavy atom. The van der Waals surface area contributed by atoms with E-state index < -0.39 is 9.85 Å². The molecule has 0 radical (unpaired) electrons. The average Bonchev–Trinajstić information content (AvgIpc) is 3.94. The van der Waals surface area contributed by atoms with Crippen molar-refractivity contribution in [2.24, 2.45) is 0 Å². The summed E-state index contributed by atoms with van der Waals surface area (Å²) in [7, 11) is 0. The fourth-order valence-electron chi connectivity index (χ4n) is 5.21. The monoisotopic (exact) mass is 612 g/mol. The van der Waals surface area contributed by atoms with Crippen molar-refractivity contribution in [3.8, 4) is 45.3 Å². The molecule has 232 valence electrons. The van der Waals surface area contributed by atoms with E-state index in [0.717, 1.165) is 22.3 Å². The minimum Gasteiger partial charge on any atom is -0.483 e. The summed E-state index contributed by atoms with van der Waals surface area (Å²) in [6.07, 6.45) is -0.303. The summed E-state index contributed by atoms with van der Waals surface area (Å²) in [6, 6.07) is 17.1. The SMILES string of the molecule is Cc1cccc(-c2c(Oc3ccc([N+](=O)[O-])c(OCC4CO4)c3-c3cccc(C)c3C)ccc([N+](=O)[O-])c2OCC2CO2)c1C. The highest BCUT2D eigenvalue weighted by molar-refractivity contribution is 5.87. The third-order valence-electron chi connectivity index (χ3n) is 8.19. The van der Waals surface area contributed by atoms with E-state index in [4.69, 9.17) is 23.7 Å². The van der Waals surface area contributed by atoms with Gasteiger partial charge in [0.05, 0.1) is 34.2 Å². The molecule has 45 heavy (non-hydrogen) atoms. The van der Waals surface area contributed by atoms with Crippen molar-refractivity contribution in [2.45, 2.75) is 39.9 Å². The van der Waals surface area contributed by atoms with Crippen LogP contribution in [0.1, 0.15) is 22.3 Å². The van der Waals surface area contributed by atoms with Gasteiger partial charge in [0.15, 0.2) is 0 Å². The summed E-state index contributed by atoms with van der Waals surface area (Å²) < 4.78 is 29.5. The summed E-state index contributed by atoms with van der Waals surface area (Å²) in [4.78, 5) is 23.5. The lowest BCUT2D eigenvalue weighted by Gasteiger charge is -2.21. The highest BCUT2D eigenvalue weighted by atomic mass is 16.6. The van der Waals surface area contributed by atoms with Crippen LogP contribution in [0.5, 0.6) is 23.0 Å². The van der Waals surface area contributed by atoms with E-state index in [2.05, 4.69) is 0 Å². The zero-order chi connectivity index (χ0) is 31.8. The molecule has 4 aromatic carbocycles. The molecule has 2 atom stereocenters. The lowest BCUT2D eigenvalue weighted by Crippen LogP contribution is -2.09. The maximum atomic E-state index is 12.2. The first kappa shape index (κ1) is 30.0. The fraction of sp³-hybridized carbons (Fsp3) is 0.294. The summed E-state index contributed by atoms with van der Waals surface area (Å²) in [6.45, 7) is 9.07. The minimum atomic E-state index is -0.485. The molecule has 0 spiro atoms. The predicted molar refractivity (Wildman–Crippen MR) is 167 cm³/mol. The van der Waals surface area contributed by atoms with Crippen molar-refractivity contribution in [3.63, 3.8) is 0 Å². The molecule has 2 fully saturated rings. The number of nitrogens with zero attached hydrogens (tertiary/aromatic N) is 2. The van der Waals surface area contributed by atoms with Crippen LogP contribution in [0.25, 0.3) is 22.3 Å². The van der Waals surface area contributed by atoms with Crippen LogP contribution >= 0.6 is 0 Å². The summed E-state index contributed by atoms with van der Waals surface area (Å²) in [5.74, 6) is 0.661. The second-order valence-electron chi connectivity index (χ2n) is 11.2.